The van der Waals surface area contributed by atoms with Crippen LogP contribution in [-0.4, -0.2) is 25.4 Å². The maximum absolute atomic E-state index is 9.92. The van der Waals surface area contributed by atoms with E-state index in [1.54, 1.807) is 13.2 Å². The number of rotatable bonds is 5. The van der Waals surface area contributed by atoms with Gasteiger partial charge in [-0.2, -0.15) is 0 Å². The van der Waals surface area contributed by atoms with Crippen molar-refractivity contribution in [1.82, 2.24) is 0 Å². The van der Waals surface area contributed by atoms with Crippen LogP contribution in [0.25, 0.3) is 21.5 Å². The first-order valence-corrected chi connectivity index (χ1v) is 6.99. The zero-order chi connectivity index (χ0) is 14.7. The molecule has 0 unspecified atom stereocenters. The summed E-state index contributed by atoms with van der Waals surface area (Å²) >= 11 is 0. The summed E-state index contributed by atoms with van der Waals surface area (Å²) < 4.78 is 10.5. The summed E-state index contributed by atoms with van der Waals surface area (Å²) in [5.41, 5.74) is 1.14. The fourth-order valence-electron chi connectivity index (χ4n) is 2.48. The Morgan fingerprint density at radius 1 is 0.905 bits per heavy atom. The topological polar surface area (TPSA) is 38.7 Å². The zero-order valence-corrected chi connectivity index (χ0v) is 12.0. The summed E-state index contributed by atoms with van der Waals surface area (Å²) in [7, 11) is 1.67. The number of aromatic hydroxyl groups is 1. The number of fused-ring (bicyclic) bond motifs is 2. The summed E-state index contributed by atoms with van der Waals surface area (Å²) in [4.78, 5) is 0. The molecule has 0 saturated carbocycles. The molecule has 3 rings (SSSR count). The lowest BCUT2D eigenvalue weighted by atomic mass is 10.0. The molecule has 3 aromatic carbocycles. The molecule has 0 fully saturated rings. The van der Waals surface area contributed by atoms with Crippen LogP contribution in [0.4, 0.5) is 0 Å². The van der Waals surface area contributed by atoms with Crippen LogP contribution in [0.5, 0.6) is 5.75 Å². The van der Waals surface area contributed by atoms with Gasteiger partial charge in [-0.3, -0.25) is 0 Å². The molecule has 0 aliphatic rings. The van der Waals surface area contributed by atoms with E-state index < -0.39 is 0 Å². The lowest BCUT2D eigenvalue weighted by molar-refractivity contribution is 0.0617. The van der Waals surface area contributed by atoms with E-state index in [9.17, 15) is 5.11 Å². The second kappa shape index (κ2) is 6.12. The van der Waals surface area contributed by atoms with Crippen molar-refractivity contribution in [2.45, 2.75) is 6.61 Å². The third kappa shape index (κ3) is 2.99. The summed E-state index contributed by atoms with van der Waals surface area (Å²) in [6.45, 7) is 1.79. The average molecular weight is 282 g/mol. The summed E-state index contributed by atoms with van der Waals surface area (Å²) in [6.07, 6.45) is 0. The van der Waals surface area contributed by atoms with E-state index in [1.165, 1.54) is 0 Å². The van der Waals surface area contributed by atoms with Gasteiger partial charge in [-0.25, -0.2) is 0 Å². The zero-order valence-electron chi connectivity index (χ0n) is 12.0. The van der Waals surface area contributed by atoms with Crippen LogP contribution in [-0.2, 0) is 16.1 Å². The summed E-state index contributed by atoms with van der Waals surface area (Å²) in [5, 5.41) is 14.1. The van der Waals surface area contributed by atoms with Crippen molar-refractivity contribution in [3.8, 4) is 5.75 Å². The Morgan fingerprint density at radius 3 is 2.67 bits per heavy atom. The van der Waals surface area contributed by atoms with Gasteiger partial charge in [0.1, 0.15) is 5.75 Å². The Hall–Kier alpha value is -2.10. The Balaban J connectivity index is 1.92. The molecule has 108 valence electrons. The Labute approximate surface area is 123 Å². The van der Waals surface area contributed by atoms with E-state index in [2.05, 4.69) is 24.3 Å². The molecular formula is C18H18O3. The van der Waals surface area contributed by atoms with Crippen molar-refractivity contribution in [3.05, 3.63) is 54.1 Å². The van der Waals surface area contributed by atoms with E-state index in [0.29, 0.717) is 25.6 Å². The predicted octanol–water partition coefficient (Wildman–Crippen LogP) is 3.86. The molecule has 3 nitrogen and oxygen atoms in total. The van der Waals surface area contributed by atoms with E-state index in [-0.39, 0.29) is 0 Å². The normalized spacial score (nSPS) is 11.3. The highest BCUT2D eigenvalue weighted by Gasteiger charge is 2.03. The van der Waals surface area contributed by atoms with Crippen molar-refractivity contribution in [2.24, 2.45) is 0 Å². The molecule has 0 atom stereocenters. The van der Waals surface area contributed by atoms with Gasteiger partial charge in [-0.05, 0) is 46.0 Å². The Kier molecular flexibility index (Phi) is 4.04. The number of phenols is 1. The lowest BCUT2D eigenvalue weighted by Gasteiger charge is -2.07. The molecule has 0 bridgehead atoms. The van der Waals surface area contributed by atoms with Crippen LogP contribution >= 0.6 is 0 Å². The minimum atomic E-state index is 0.321. The first kappa shape index (κ1) is 13.9. The van der Waals surface area contributed by atoms with Crippen LogP contribution in [0.2, 0.25) is 0 Å². The SMILES string of the molecule is COCCOCc1ccc2cc3c(O)cccc3cc2c1. The second-order valence-corrected chi connectivity index (χ2v) is 5.08. The first-order chi connectivity index (χ1) is 10.3. The van der Waals surface area contributed by atoms with Gasteiger partial charge < -0.3 is 14.6 Å². The molecular weight excluding hydrogens is 264 g/mol. The highest BCUT2D eigenvalue weighted by atomic mass is 16.5. The van der Waals surface area contributed by atoms with Gasteiger partial charge in [-0.15, -0.1) is 0 Å². The quantitative estimate of drug-likeness (QED) is 0.570. The molecule has 3 heteroatoms. The monoisotopic (exact) mass is 282 g/mol. The van der Waals surface area contributed by atoms with Crippen LogP contribution in [0, 0.1) is 0 Å². The molecule has 0 aliphatic carbocycles. The van der Waals surface area contributed by atoms with Crippen molar-refractivity contribution in [1.29, 1.82) is 0 Å². The Morgan fingerprint density at radius 2 is 1.81 bits per heavy atom. The maximum atomic E-state index is 9.92. The lowest BCUT2D eigenvalue weighted by Crippen LogP contribution is -2.01. The number of hydrogen-bond acceptors (Lipinski definition) is 3. The third-order valence-corrected chi connectivity index (χ3v) is 3.58. The van der Waals surface area contributed by atoms with Gasteiger partial charge in [0.25, 0.3) is 0 Å². The van der Waals surface area contributed by atoms with Crippen LogP contribution in [0.15, 0.2) is 48.5 Å². The average Bonchev–Trinajstić information content (AvgIpc) is 2.50. The van der Waals surface area contributed by atoms with Crippen LogP contribution in [0.1, 0.15) is 5.56 Å². The maximum Gasteiger partial charge on any atom is 0.123 e. The minimum absolute atomic E-state index is 0.321. The molecule has 0 aromatic heterocycles. The van der Waals surface area contributed by atoms with Crippen molar-refractivity contribution in [2.75, 3.05) is 20.3 Å². The number of phenolic OH excluding ortho intramolecular Hbond substituents is 1. The molecule has 0 spiro atoms. The molecule has 0 aliphatic heterocycles. The van der Waals surface area contributed by atoms with E-state index in [4.69, 9.17) is 9.47 Å². The van der Waals surface area contributed by atoms with Gasteiger partial charge in [0.05, 0.1) is 19.8 Å². The largest absolute Gasteiger partial charge is 0.507 e. The molecule has 1 N–H and O–H groups in total. The predicted molar refractivity (Wildman–Crippen MR) is 84.7 cm³/mol. The number of benzene rings is 3. The smallest absolute Gasteiger partial charge is 0.123 e. The molecule has 21 heavy (non-hydrogen) atoms. The summed E-state index contributed by atoms with van der Waals surface area (Å²) in [6, 6.07) is 16.0. The molecule has 0 amide bonds. The highest BCUT2D eigenvalue weighted by Crippen LogP contribution is 2.29. The van der Waals surface area contributed by atoms with Crippen molar-refractivity contribution in [3.63, 3.8) is 0 Å². The second-order valence-electron chi connectivity index (χ2n) is 5.08. The van der Waals surface area contributed by atoms with Gasteiger partial charge in [-0.1, -0.05) is 24.3 Å². The molecule has 3 aromatic rings. The van der Waals surface area contributed by atoms with Crippen molar-refractivity contribution >= 4 is 21.5 Å². The van der Waals surface area contributed by atoms with E-state index in [0.717, 1.165) is 27.1 Å². The highest BCUT2D eigenvalue weighted by molar-refractivity contribution is 6.00. The fraction of sp³-hybridized carbons (Fsp3) is 0.222. The molecule has 0 saturated heterocycles. The Bertz CT molecular complexity index is 765. The van der Waals surface area contributed by atoms with Crippen molar-refractivity contribution < 1.29 is 14.6 Å². The van der Waals surface area contributed by atoms with Gasteiger partial charge in [0.2, 0.25) is 0 Å². The number of ether oxygens (including phenoxy) is 2. The van der Waals surface area contributed by atoms with Gasteiger partial charge >= 0.3 is 0 Å². The standard InChI is InChI=1S/C18H18O3/c1-20-7-8-21-12-13-5-6-14-11-17-15(10-16(14)9-13)3-2-4-18(17)19/h2-6,9-11,19H,7-8,12H2,1H3. The fourth-order valence-corrected chi connectivity index (χ4v) is 2.48. The van der Waals surface area contributed by atoms with Crippen LogP contribution in [0.3, 0.4) is 0 Å². The van der Waals surface area contributed by atoms with E-state index in [1.807, 2.05) is 18.2 Å². The molecule has 0 radical (unpaired) electrons. The van der Waals surface area contributed by atoms with Gasteiger partial charge in [0, 0.05) is 12.5 Å². The third-order valence-electron chi connectivity index (χ3n) is 3.58. The number of methoxy groups -OCH3 is 1. The first-order valence-electron chi connectivity index (χ1n) is 6.99. The van der Waals surface area contributed by atoms with E-state index >= 15 is 0 Å². The number of hydrogen-bond donors (Lipinski definition) is 1. The minimum Gasteiger partial charge on any atom is -0.507 e. The van der Waals surface area contributed by atoms with Gasteiger partial charge in [0.15, 0.2) is 0 Å². The molecule has 0 heterocycles. The van der Waals surface area contributed by atoms with Crippen LogP contribution < -0.4 is 0 Å². The summed E-state index contributed by atoms with van der Waals surface area (Å²) in [5.74, 6) is 0.321.